The number of aliphatic hydroxyl groups excluding tert-OH is 2. The fourth-order valence-electron chi connectivity index (χ4n) is 5.36. The van der Waals surface area contributed by atoms with E-state index in [0.29, 0.717) is 12.2 Å². The lowest BCUT2D eigenvalue weighted by atomic mass is 9.83. The van der Waals surface area contributed by atoms with Gasteiger partial charge in [0.2, 0.25) is 24.0 Å². The van der Waals surface area contributed by atoms with E-state index in [4.69, 9.17) is 24.7 Å². The summed E-state index contributed by atoms with van der Waals surface area (Å²) in [5.74, 6) is -0.569. The Bertz CT molecular complexity index is 949. The highest BCUT2D eigenvalue weighted by atomic mass is 16.7. The van der Waals surface area contributed by atoms with Crippen LogP contribution in [0.2, 0.25) is 0 Å². The van der Waals surface area contributed by atoms with Crippen molar-refractivity contribution in [1.29, 1.82) is 0 Å². The zero-order valence-corrected chi connectivity index (χ0v) is 23.5. The Morgan fingerprint density at radius 3 is 2.25 bits per heavy atom. The molecule has 9 N–H and O–H groups in total. The van der Waals surface area contributed by atoms with Gasteiger partial charge in [-0.1, -0.05) is 0 Å². The van der Waals surface area contributed by atoms with Crippen LogP contribution in [0, 0.1) is 0 Å². The summed E-state index contributed by atoms with van der Waals surface area (Å²) in [6.07, 6.45) is -5.10. The predicted octanol–water partition coefficient (Wildman–Crippen LogP) is -3.32. The van der Waals surface area contributed by atoms with Gasteiger partial charge in [0.25, 0.3) is 0 Å². The molecule has 15 heteroatoms. The normalized spacial score (nSPS) is 39.9. The second-order valence-electron chi connectivity index (χ2n) is 10.8. The van der Waals surface area contributed by atoms with Gasteiger partial charge in [0.05, 0.1) is 31.3 Å². The number of carbonyl (C=O) groups excluding carboxylic acids is 3. The first-order chi connectivity index (χ1) is 18.7. The third kappa shape index (κ3) is 7.88. The largest absolute Gasteiger partial charge is 0.465 e. The molecule has 1 saturated carbocycles. The third-order valence-corrected chi connectivity index (χ3v) is 7.23. The summed E-state index contributed by atoms with van der Waals surface area (Å²) in [4.78, 5) is 35.3. The number of hydrogen-bond donors (Lipinski definition) is 8. The first kappa shape index (κ1) is 32.1. The molecule has 2 heterocycles. The molecule has 1 aliphatic carbocycles. The molecule has 3 rings (SSSR count). The van der Waals surface area contributed by atoms with Gasteiger partial charge in [-0.15, -0.1) is 0 Å². The van der Waals surface area contributed by atoms with E-state index >= 15 is 0 Å². The molecule has 0 unspecified atom stereocenters. The Morgan fingerprint density at radius 1 is 1.02 bits per heavy atom. The van der Waals surface area contributed by atoms with Crippen LogP contribution in [0.15, 0.2) is 11.8 Å². The Balaban J connectivity index is 1.82. The van der Waals surface area contributed by atoms with Gasteiger partial charge in [0.1, 0.15) is 35.8 Å². The van der Waals surface area contributed by atoms with Crippen molar-refractivity contribution in [3.05, 3.63) is 11.8 Å². The second-order valence-corrected chi connectivity index (χ2v) is 10.8. The third-order valence-electron chi connectivity index (χ3n) is 7.23. The van der Waals surface area contributed by atoms with E-state index in [0.717, 1.165) is 0 Å². The lowest BCUT2D eigenvalue weighted by Crippen LogP contribution is -2.69. The Morgan fingerprint density at radius 2 is 1.65 bits per heavy atom. The summed E-state index contributed by atoms with van der Waals surface area (Å²) in [7, 11) is 1.58. The van der Waals surface area contributed by atoms with Gasteiger partial charge >= 0.3 is 0 Å². The average molecular weight is 574 g/mol. The van der Waals surface area contributed by atoms with Gasteiger partial charge in [0, 0.05) is 26.8 Å². The van der Waals surface area contributed by atoms with Gasteiger partial charge in [-0.25, -0.2) is 0 Å². The first-order valence-corrected chi connectivity index (χ1v) is 13.3. The summed E-state index contributed by atoms with van der Waals surface area (Å²) in [5.41, 5.74) is 4.99. The number of ether oxygens (including phenoxy) is 4. The van der Waals surface area contributed by atoms with Gasteiger partial charge in [-0.05, 0) is 32.9 Å². The quantitative estimate of drug-likeness (QED) is 0.136. The fraction of sp³-hybridized carbons (Fsp3) is 0.800. The lowest BCUT2D eigenvalue weighted by molar-refractivity contribution is -0.303. The highest BCUT2D eigenvalue weighted by molar-refractivity contribution is 5.74. The molecule has 0 aromatic carbocycles. The molecule has 2 aliphatic heterocycles. The monoisotopic (exact) mass is 573 g/mol. The molecular weight excluding hydrogens is 530 g/mol. The molecular formula is C25H43N5O10. The van der Waals surface area contributed by atoms with E-state index in [-0.39, 0.29) is 37.3 Å². The Hall–Kier alpha value is -2.37. The van der Waals surface area contributed by atoms with E-state index in [1.165, 1.54) is 27.7 Å². The topological polar surface area (TPSA) is 223 Å². The molecule has 3 amide bonds. The maximum atomic E-state index is 12.0. The highest BCUT2D eigenvalue weighted by Crippen LogP contribution is 2.32. The van der Waals surface area contributed by atoms with Crippen LogP contribution in [0.3, 0.4) is 0 Å². The van der Waals surface area contributed by atoms with Crippen molar-refractivity contribution in [3.63, 3.8) is 0 Å². The van der Waals surface area contributed by atoms with Crippen molar-refractivity contribution in [3.8, 4) is 0 Å². The maximum Gasteiger partial charge on any atom is 0.220 e. The second kappa shape index (κ2) is 13.5. The van der Waals surface area contributed by atoms with Gasteiger partial charge in [-0.3, -0.25) is 14.4 Å². The lowest BCUT2D eigenvalue weighted by Gasteiger charge is -2.48. The van der Waals surface area contributed by atoms with Crippen molar-refractivity contribution in [1.82, 2.24) is 21.3 Å². The Kier molecular flexibility index (Phi) is 10.9. The Labute approximate surface area is 233 Å². The minimum absolute atomic E-state index is 0.0915. The molecule has 3 aliphatic rings. The van der Waals surface area contributed by atoms with Gasteiger partial charge in [0.15, 0.2) is 6.29 Å². The van der Waals surface area contributed by atoms with Gasteiger partial charge < -0.3 is 61.3 Å². The van der Waals surface area contributed by atoms with Gasteiger partial charge in [-0.2, -0.15) is 0 Å². The number of likely N-dealkylation sites (N-methyl/N-ethyl adjacent to an activating group) is 1. The van der Waals surface area contributed by atoms with Crippen LogP contribution in [0.25, 0.3) is 0 Å². The maximum absolute atomic E-state index is 12.0. The minimum atomic E-state index is -1.43. The summed E-state index contributed by atoms with van der Waals surface area (Å²) >= 11 is 0. The summed E-state index contributed by atoms with van der Waals surface area (Å²) in [5, 5.41) is 43.8. The van der Waals surface area contributed by atoms with E-state index in [1.807, 2.05) is 0 Å². The number of carbonyl (C=O) groups is 3. The molecule has 15 nitrogen and oxygen atoms in total. The van der Waals surface area contributed by atoms with Crippen molar-refractivity contribution in [2.75, 3.05) is 20.2 Å². The molecule has 0 aromatic rings. The molecule has 2 fully saturated rings. The van der Waals surface area contributed by atoms with Crippen molar-refractivity contribution in [2.45, 2.75) is 107 Å². The predicted molar refractivity (Wildman–Crippen MR) is 139 cm³/mol. The zero-order chi connectivity index (χ0) is 29.8. The van der Waals surface area contributed by atoms with Crippen LogP contribution in [0.4, 0.5) is 0 Å². The van der Waals surface area contributed by atoms with Crippen LogP contribution >= 0.6 is 0 Å². The molecule has 0 radical (unpaired) electrons. The number of nitrogens with one attached hydrogen (secondary N) is 4. The van der Waals surface area contributed by atoms with Crippen LogP contribution < -0.4 is 27.0 Å². The molecule has 228 valence electrons. The SMILES string of the molecule is CN[C@@H]1[C@@H](O)[C@@H](O[C@@H]2[C@@H](O)[C@H](O[C@H]3OC(CNC(C)=O)=CC[C@H]3NC(C)=O)[C@@H](NC(C)=O)C[C@H]2N)OC[C@]1(C)O. The van der Waals surface area contributed by atoms with E-state index in [1.54, 1.807) is 13.1 Å². The highest BCUT2D eigenvalue weighted by Gasteiger charge is 2.51. The first-order valence-electron chi connectivity index (χ1n) is 13.3. The van der Waals surface area contributed by atoms with Crippen LogP contribution in [-0.4, -0.2) is 120 Å². The smallest absolute Gasteiger partial charge is 0.220 e. The number of nitrogens with two attached hydrogens (primary N) is 1. The zero-order valence-electron chi connectivity index (χ0n) is 23.5. The number of hydrogen-bond acceptors (Lipinski definition) is 12. The number of amides is 3. The molecule has 0 bridgehead atoms. The van der Waals surface area contributed by atoms with E-state index in [2.05, 4.69) is 21.3 Å². The summed E-state index contributed by atoms with van der Waals surface area (Å²) in [6.45, 7) is 5.49. The van der Waals surface area contributed by atoms with E-state index in [9.17, 15) is 29.7 Å². The minimum Gasteiger partial charge on any atom is -0.465 e. The molecule has 0 spiro atoms. The van der Waals surface area contributed by atoms with Crippen molar-refractivity contribution >= 4 is 17.7 Å². The molecule has 1 saturated heterocycles. The van der Waals surface area contributed by atoms with Crippen molar-refractivity contribution < 1.29 is 48.7 Å². The molecule has 40 heavy (non-hydrogen) atoms. The fourth-order valence-corrected chi connectivity index (χ4v) is 5.36. The van der Waals surface area contributed by atoms with E-state index < -0.39 is 66.8 Å². The number of aliphatic hydroxyl groups is 3. The standard InChI is InChI=1S/C25H43N5O10/c1-11(31)28-9-14-6-7-16(29-12(2)32)23(38-14)40-21-17(30-13(3)33)8-15(26)20(18(21)34)39-24-19(35)22(27-5)25(4,36)10-37-24/h6,15-24,27,34-36H,7-10,26H2,1-5H3,(H,28,31)(H,29,32)(H,30,33)/t15-,16-,17+,18-,19-,20+,21-,22-,23-,24-,25+/m1/s1. The van der Waals surface area contributed by atoms with Crippen molar-refractivity contribution in [2.24, 2.45) is 5.73 Å². The molecule has 0 aromatic heterocycles. The van der Waals surface area contributed by atoms with Crippen LogP contribution in [0.5, 0.6) is 0 Å². The molecule has 11 atom stereocenters. The number of rotatable bonds is 9. The summed E-state index contributed by atoms with van der Waals surface area (Å²) in [6, 6.07) is -2.98. The van der Waals surface area contributed by atoms with Crippen LogP contribution in [-0.2, 0) is 33.3 Å². The summed E-state index contributed by atoms with van der Waals surface area (Å²) < 4.78 is 23.7. The van der Waals surface area contributed by atoms with Crippen LogP contribution in [0.1, 0.15) is 40.5 Å². The average Bonchev–Trinajstić information content (AvgIpc) is 2.84.